The van der Waals surface area contributed by atoms with Gasteiger partial charge in [0.1, 0.15) is 17.7 Å². The molecule has 0 fully saturated rings. The summed E-state index contributed by atoms with van der Waals surface area (Å²) in [6, 6.07) is 2.45. The van der Waals surface area contributed by atoms with E-state index in [9.17, 15) is 18.7 Å². The summed E-state index contributed by atoms with van der Waals surface area (Å²) < 4.78 is 26.0. The van der Waals surface area contributed by atoms with Crippen LogP contribution in [0.2, 0.25) is 0 Å². The number of hydrogen-bond acceptors (Lipinski definition) is 2. The molecule has 82 valence electrons. The van der Waals surface area contributed by atoms with Crippen LogP contribution < -0.4 is 10.8 Å². The number of carbonyl (C=O) groups excluding carboxylic acids is 1. The van der Waals surface area contributed by atoms with Crippen molar-refractivity contribution in [3.8, 4) is 0 Å². The fraction of sp³-hybridized carbons (Fsp3) is 0.300. The van der Waals surface area contributed by atoms with Gasteiger partial charge in [0.05, 0.1) is 0 Å². The third-order valence-electron chi connectivity index (χ3n) is 2.09. The number of carboxylic acids is 1. The Bertz CT molecular complexity index is 368. The third-order valence-corrected chi connectivity index (χ3v) is 2.09. The lowest BCUT2D eigenvalue weighted by Crippen LogP contribution is -2.54. The van der Waals surface area contributed by atoms with E-state index in [1.807, 2.05) is 0 Å². The first kappa shape index (κ1) is 11.6. The molecule has 0 amide bonds. The molecule has 0 heterocycles. The first-order valence-electron chi connectivity index (χ1n) is 4.48. The standard InChI is InChI=1S/C10H11F2NO2/c11-6-1-2-8(12)7(5-6)9(13)3-4-10(14)15/h1-2,5,9H,3-4,13H2,(H,14,15)/t9-/m1/s1. The SMILES string of the molecule is [NH3+][C@H](CCC(=O)[O-])c1cc(F)ccc1F. The van der Waals surface area contributed by atoms with Crippen LogP contribution >= 0.6 is 0 Å². The van der Waals surface area contributed by atoms with Crippen molar-refractivity contribution in [2.75, 3.05) is 0 Å². The van der Waals surface area contributed by atoms with E-state index >= 15 is 0 Å². The summed E-state index contributed by atoms with van der Waals surface area (Å²) in [5.74, 6) is -2.36. The van der Waals surface area contributed by atoms with Crippen molar-refractivity contribution in [3.63, 3.8) is 0 Å². The highest BCUT2D eigenvalue weighted by molar-refractivity contribution is 5.64. The first-order chi connectivity index (χ1) is 7.00. The minimum absolute atomic E-state index is 0.0938. The van der Waals surface area contributed by atoms with E-state index in [0.717, 1.165) is 18.2 Å². The molecule has 0 saturated heterocycles. The molecule has 0 aromatic heterocycles. The van der Waals surface area contributed by atoms with Crippen LogP contribution in [0.15, 0.2) is 18.2 Å². The number of aliphatic carboxylic acids is 1. The van der Waals surface area contributed by atoms with Crippen molar-refractivity contribution in [1.29, 1.82) is 0 Å². The normalized spacial score (nSPS) is 12.5. The molecule has 0 aliphatic rings. The molecular formula is C10H11F2NO2. The Hall–Kier alpha value is -1.49. The molecule has 0 aliphatic carbocycles. The molecule has 1 atom stereocenters. The van der Waals surface area contributed by atoms with Crippen LogP contribution in [0, 0.1) is 11.6 Å². The lowest BCUT2D eigenvalue weighted by molar-refractivity contribution is -0.429. The Labute approximate surface area is 85.5 Å². The van der Waals surface area contributed by atoms with Gasteiger partial charge in [0.25, 0.3) is 0 Å². The highest BCUT2D eigenvalue weighted by atomic mass is 19.1. The van der Waals surface area contributed by atoms with Crippen LogP contribution in [-0.4, -0.2) is 5.97 Å². The van der Waals surface area contributed by atoms with E-state index in [2.05, 4.69) is 5.73 Å². The lowest BCUT2D eigenvalue weighted by atomic mass is 10.0. The lowest BCUT2D eigenvalue weighted by Gasteiger charge is -2.10. The van der Waals surface area contributed by atoms with Gasteiger partial charge in [-0.05, 0) is 24.6 Å². The quantitative estimate of drug-likeness (QED) is 0.754. The summed E-state index contributed by atoms with van der Waals surface area (Å²) in [6.07, 6.45) is -0.0904. The number of hydrogen-bond donors (Lipinski definition) is 1. The van der Waals surface area contributed by atoms with Crippen molar-refractivity contribution in [2.24, 2.45) is 0 Å². The number of halogens is 2. The van der Waals surface area contributed by atoms with Gasteiger partial charge in [-0.3, -0.25) is 0 Å². The minimum Gasteiger partial charge on any atom is -0.550 e. The molecule has 0 bridgehead atoms. The number of benzene rings is 1. The molecule has 3 N–H and O–H groups in total. The summed E-state index contributed by atoms with van der Waals surface area (Å²) in [5, 5.41) is 10.2. The van der Waals surface area contributed by atoms with Crippen molar-refractivity contribution < 1.29 is 24.4 Å². The van der Waals surface area contributed by atoms with Crippen LogP contribution in [0.1, 0.15) is 24.4 Å². The van der Waals surface area contributed by atoms with Gasteiger partial charge in [-0.15, -0.1) is 0 Å². The Morgan fingerprint density at radius 3 is 2.73 bits per heavy atom. The van der Waals surface area contributed by atoms with Gasteiger partial charge < -0.3 is 15.6 Å². The maximum atomic E-state index is 13.2. The van der Waals surface area contributed by atoms with Gasteiger partial charge in [-0.1, -0.05) is 0 Å². The Morgan fingerprint density at radius 2 is 2.13 bits per heavy atom. The Kier molecular flexibility index (Phi) is 3.74. The molecule has 1 aromatic rings. The monoisotopic (exact) mass is 215 g/mol. The number of carbonyl (C=O) groups is 1. The van der Waals surface area contributed by atoms with Gasteiger partial charge in [0, 0.05) is 18.0 Å². The summed E-state index contributed by atoms with van der Waals surface area (Å²) >= 11 is 0. The predicted molar refractivity (Wildman–Crippen MR) is 46.2 cm³/mol. The number of carboxylic acid groups (broad SMARTS) is 1. The van der Waals surface area contributed by atoms with Gasteiger partial charge in [0.15, 0.2) is 0 Å². The van der Waals surface area contributed by atoms with Crippen molar-refractivity contribution >= 4 is 5.97 Å². The van der Waals surface area contributed by atoms with E-state index in [0.29, 0.717) is 0 Å². The van der Waals surface area contributed by atoms with Crippen LogP contribution in [0.25, 0.3) is 0 Å². The molecule has 15 heavy (non-hydrogen) atoms. The van der Waals surface area contributed by atoms with Crippen LogP contribution in [0.5, 0.6) is 0 Å². The van der Waals surface area contributed by atoms with Crippen LogP contribution in [0.3, 0.4) is 0 Å². The van der Waals surface area contributed by atoms with Crippen molar-refractivity contribution in [2.45, 2.75) is 18.9 Å². The van der Waals surface area contributed by atoms with Crippen LogP contribution in [-0.2, 0) is 4.79 Å². The van der Waals surface area contributed by atoms with Crippen molar-refractivity contribution in [1.82, 2.24) is 0 Å². The smallest absolute Gasteiger partial charge is 0.132 e. The van der Waals surface area contributed by atoms with Gasteiger partial charge in [-0.25, -0.2) is 8.78 Å². The molecule has 5 heteroatoms. The van der Waals surface area contributed by atoms with Crippen molar-refractivity contribution in [3.05, 3.63) is 35.4 Å². The first-order valence-corrected chi connectivity index (χ1v) is 4.48. The summed E-state index contributed by atoms with van der Waals surface area (Å²) in [7, 11) is 0. The third kappa shape index (κ3) is 3.28. The molecule has 0 spiro atoms. The zero-order valence-corrected chi connectivity index (χ0v) is 8.00. The molecule has 1 rings (SSSR count). The van der Waals surface area contributed by atoms with Crippen LogP contribution in [0.4, 0.5) is 8.78 Å². The highest BCUT2D eigenvalue weighted by Crippen LogP contribution is 2.18. The fourth-order valence-electron chi connectivity index (χ4n) is 1.28. The van der Waals surface area contributed by atoms with E-state index in [-0.39, 0.29) is 18.4 Å². The fourth-order valence-corrected chi connectivity index (χ4v) is 1.28. The maximum Gasteiger partial charge on any atom is 0.132 e. The Morgan fingerprint density at radius 1 is 1.47 bits per heavy atom. The minimum atomic E-state index is -1.22. The summed E-state index contributed by atoms with van der Waals surface area (Å²) in [5.41, 5.74) is 3.68. The second-order valence-corrected chi connectivity index (χ2v) is 3.27. The highest BCUT2D eigenvalue weighted by Gasteiger charge is 2.15. The van der Waals surface area contributed by atoms with Gasteiger partial charge >= 0.3 is 0 Å². The molecule has 0 unspecified atom stereocenters. The van der Waals surface area contributed by atoms with E-state index in [1.54, 1.807) is 0 Å². The second kappa shape index (κ2) is 4.84. The summed E-state index contributed by atoms with van der Waals surface area (Å²) in [4.78, 5) is 10.2. The zero-order valence-electron chi connectivity index (χ0n) is 8.00. The maximum absolute atomic E-state index is 13.2. The number of quaternary nitrogens is 1. The second-order valence-electron chi connectivity index (χ2n) is 3.27. The van der Waals surface area contributed by atoms with E-state index < -0.39 is 23.6 Å². The zero-order chi connectivity index (χ0) is 11.4. The molecular weight excluding hydrogens is 204 g/mol. The molecule has 0 radical (unpaired) electrons. The predicted octanol–water partition coefficient (Wildman–Crippen LogP) is -0.222. The van der Waals surface area contributed by atoms with Gasteiger partial charge in [0.2, 0.25) is 0 Å². The van der Waals surface area contributed by atoms with Gasteiger partial charge in [-0.2, -0.15) is 0 Å². The molecule has 0 saturated carbocycles. The van der Waals surface area contributed by atoms with E-state index in [1.165, 1.54) is 0 Å². The molecule has 0 aliphatic heterocycles. The molecule has 3 nitrogen and oxygen atoms in total. The number of rotatable bonds is 4. The average Bonchev–Trinajstić information content (AvgIpc) is 2.18. The summed E-state index contributed by atoms with van der Waals surface area (Å²) in [6.45, 7) is 0. The Balaban J connectivity index is 2.76. The topological polar surface area (TPSA) is 67.8 Å². The average molecular weight is 215 g/mol. The van der Waals surface area contributed by atoms with E-state index in [4.69, 9.17) is 0 Å². The largest absolute Gasteiger partial charge is 0.550 e. The molecule has 1 aromatic carbocycles.